The molecule has 2 saturated heterocycles. The molecule has 0 aromatic heterocycles. The molecule has 21 heavy (non-hydrogen) atoms. The van der Waals surface area contributed by atoms with Gasteiger partial charge in [-0.3, -0.25) is 0 Å². The normalized spacial score (nSPS) is 25.4. The van der Waals surface area contributed by atoms with Crippen molar-refractivity contribution < 1.29 is 9.47 Å². The lowest BCUT2D eigenvalue weighted by atomic mass is 9.97. The summed E-state index contributed by atoms with van der Waals surface area (Å²) in [7, 11) is 1.68. The molecule has 1 aromatic rings. The average Bonchev–Trinajstić information content (AvgIpc) is 2.95. The summed E-state index contributed by atoms with van der Waals surface area (Å²) < 4.78 is 11.0. The van der Waals surface area contributed by atoms with Gasteiger partial charge in [0.25, 0.3) is 0 Å². The summed E-state index contributed by atoms with van der Waals surface area (Å²) in [5, 5.41) is 3.68. The highest BCUT2D eigenvalue weighted by Gasteiger charge is 2.31. The molecule has 2 aliphatic rings. The number of anilines is 1. The van der Waals surface area contributed by atoms with Gasteiger partial charge in [-0.05, 0) is 51.3 Å². The van der Waals surface area contributed by atoms with Crippen LogP contribution < -0.4 is 14.8 Å². The van der Waals surface area contributed by atoms with E-state index in [1.807, 2.05) is 13.0 Å². The number of benzene rings is 1. The van der Waals surface area contributed by atoms with Gasteiger partial charge in [0.05, 0.1) is 13.7 Å². The summed E-state index contributed by atoms with van der Waals surface area (Å²) in [6.45, 7) is 5.18. The SMILES string of the molecule is CCOc1cc(NC2CCN3CCCC3C2)ccc1OC. The molecule has 4 nitrogen and oxygen atoms in total. The number of ether oxygens (including phenoxy) is 2. The number of methoxy groups -OCH3 is 1. The standard InChI is InChI=1S/C17H26N2O2/c1-3-21-17-12-13(6-7-16(17)20-2)18-14-8-10-19-9-4-5-15(19)11-14/h6-7,12,14-15,18H,3-5,8-11H2,1-2H3. The van der Waals surface area contributed by atoms with E-state index in [9.17, 15) is 0 Å². The zero-order chi connectivity index (χ0) is 14.7. The van der Waals surface area contributed by atoms with Crippen LogP contribution in [0.4, 0.5) is 5.69 Å². The van der Waals surface area contributed by atoms with Crippen LogP contribution in [0.15, 0.2) is 18.2 Å². The van der Waals surface area contributed by atoms with Crippen molar-refractivity contribution in [1.29, 1.82) is 0 Å². The molecule has 2 heterocycles. The summed E-state index contributed by atoms with van der Waals surface area (Å²) in [5.41, 5.74) is 1.13. The minimum atomic E-state index is 0.576. The van der Waals surface area contributed by atoms with Crippen molar-refractivity contribution in [3.05, 3.63) is 18.2 Å². The Bertz CT molecular complexity index is 478. The van der Waals surface area contributed by atoms with Gasteiger partial charge in [-0.15, -0.1) is 0 Å². The molecule has 1 aromatic carbocycles. The third kappa shape index (κ3) is 3.26. The van der Waals surface area contributed by atoms with E-state index in [0.717, 1.165) is 23.2 Å². The maximum absolute atomic E-state index is 5.65. The molecule has 2 aliphatic heterocycles. The smallest absolute Gasteiger partial charge is 0.163 e. The quantitative estimate of drug-likeness (QED) is 0.903. The lowest BCUT2D eigenvalue weighted by molar-refractivity contribution is 0.188. The Morgan fingerprint density at radius 2 is 2.14 bits per heavy atom. The molecule has 2 unspecified atom stereocenters. The van der Waals surface area contributed by atoms with Gasteiger partial charge in [-0.1, -0.05) is 0 Å². The molecule has 116 valence electrons. The van der Waals surface area contributed by atoms with Gasteiger partial charge >= 0.3 is 0 Å². The highest BCUT2D eigenvalue weighted by molar-refractivity contribution is 5.55. The van der Waals surface area contributed by atoms with Crippen molar-refractivity contribution >= 4 is 5.69 Å². The Morgan fingerprint density at radius 3 is 2.95 bits per heavy atom. The zero-order valence-electron chi connectivity index (χ0n) is 13.1. The molecular weight excluding hydrogens is 264 g/mol. The lowest BCUT2D eigenvalue weighted by Gasteiger charge is -2.35. The van der Waals surface area contributed by atoms with Crippen molar-refractivity contribution in [1.82, 2.24) is 4.90 Å². The highest BCUT2D eigenvalue weighted by Crippen LogP contribution is 2.32. The minimum Gasteiger partial charge on any atom is -0.493 e. The van der Waals surface area contributed by atoms with E-state index in [-0.39, 0.29) is 0 Å². The second kappa shape index (κ2) is 6.56. The van der Waals surface area contributed by atoms with Crippen LogP contribution in [0.1, 0.15) is 32.6 Å². The van der Waals surface area contributed by atoms with Crippen molar-refractivity contribution in [3.63, 3.8) is 0 Å². The third-order valence-electron chi connectivity index (χ3n) is 4.65. The van der Waals surface area contributed by atoms with E-state index in [4.69, 9.17) is 9.47 Å². The van der Waals surface area contributed by atoms with Crippen LogP contribution in [0.25, 0.3) is 0 Å². The summed E-state index contributed by atoms with van der Waals surface area (Å²) in [4.78, 5) is 2.65. The fourth-order valence-corrected chi connectivity index (χ4v) is 3.63. The third-order valence-corrected chi connectivity index (χ3v) is 4.65. The fourth-order valence-electron chi connectivity index (χ4n) is 3.63. The van der Waals surface area contributed by atoms with E-state index in [2.05, 4.69) is 22.3 Å². The topological polar surface area (TPSA) is 33.7 Å². The molecule has 3 rings (SSSR count). The molecule has 0 amide bonds. The van der Waals surface area contributed by atoms with Crippen LogP contribution in [0.2, 0.25) is 0 Å². The van der Waals surface area contributed by atoms with Crippen molar-refractivity contribution in [2.24, 2.45) is 0 Å². The molecule has 0 saturated carbocycles. The Hall–Kier alpha value is -1.42. The number of piperidine rings is 1. The van der Waals surface area contributed by atoms with Gasteiger partial charge in [0.2, 0.25) is 0 Å². The van der Waals surface area contributed by atoms with E-state index >= 15 is 0 Å². The van der Waals surface area contributed by atoms with E-state index in [1.54, 1.807) is 7.11 Å². The van der Waals surface area contributed by atoms with Gasteiger partial charge in [0.1, 0.15) is 0 Å². The predicted octanol–water partition coefficient (Wildman–Crippen LogP) is 3.13. The monoisotopic (exact) mass is 290 g/mol. The first-order valence-electron chi connectivity index (χ1n) is 8.11. The van der Waals surface area contributed by atoms with Crippen LogP contribution in [-0.4, -0.2) is 43.8 Å². The molecule has 0 aliphatic carbocycles. The first-order chi connectivity index (χ1) is 10.3. The Balaban J connectivity index is 1.65. The van der Waals surface area contributed by atoms with Gasteiger partial charge < -0.3 is 19.7 Å². The van der Waals surface area contributed by atoms with Crippen molar-refractivity contribution in [2.75, 3.05) is 32.1 Å². The molecule has 1 N–H and O–H groups in total. The zero-order valence-corrected chi connectivity index (χ0v) is 13.1. The first-order valence-corrected chi connectivity index (χ1v) is 8.11. The fraction of sp³-hybridized carbons (Fsp3) is 0.647. The van der Waals surface area contributed by atoms with E-state index < -0.39 is 0 Å². The number of nitrogens with zero attached hydrogens (tertiary/aromatic N) is 1. The molecule has 2 atom stereocenters. The number of fused-ring (bicyclic) bond motifs is 1. The summed E-state index contributed by atoms with van der Waals surface area (Å²) in [6.07, 6.45) is 5.22. The highest BCUT2D eigenvalue weighted by atomic mass is 16.5. The number of nitrogens with one attached hydrogen (secondary N) is 1. The Kier molecular flexibility index (Phi) is 4.54. The molecule has 0 radical (unpaired) electrons. The minimum absolute atomic E-state index is 0.576. The first kappa shape index (κ1) is 14.5. The molecule has 4 heteroatoms. The lowest BCUT2D eigenvalue weighted by Crippen LogP contribution is -2.42. The second-order valence-electron chi connectivity index (χ2n) is 6.00. The maximum atomic E-state index is 5.65. The Morgan fingerprint density at radius 1 is 1.24 bits per heavy atom. The number of hydrogen-bond acceptors (Lipinski definition) is 4. The van der Waals surface area contributed by atoms with Crippen LogP contribution in [0, 0.1) is 0 Å². The number of rotatable bonds is 5. The largest absolute Gasteiger partial charge is 0.493 e. The molecule has 0 bridgehead atoms. The average molecular weight is 290 g/mol. The summed E-state index contributed by atoms with van der Waals surface area (Å²) >= 11 is 0. The molecule has 0 spiro atoms. The van der Waals surface area contributed by atoms with Crippen molar-refractivity contribution in [2.45, 2.75) is 44.7 Å². The second-order valence-corrected chi connectivity index (χ2v) is 6.00. The predicted molar refractivity (Wildman–Crippen MR) is 85.4 cm³/mol. The van der Waals surface area contributed by atoms with Crippen LogP contribution >= 0.6 is 0 Å². The van der Waals surface area contributed by atoms with Crippen LogP contribution in [0.3, 0.4) is 0 Å². The molecular formula is C17H26N2O2. The molecule has 2 fully saturated rings. The van der Waals surface area contributed by atoms with Crippen molar-refractivity contribution in [3.8, 4) is 11.5 Å². The Labute approximate surface area is 127 Å². The maximum Gasteiger partial charge on any atom is 0.163 e. The van der Waals surface area contributed by atoms with Crippen LogP contribution in [0.5, 0.6) is 11.5 Å². The van der Waals surface area contributed by atoms with Crippen LogP contribution in [-0.2, 0) is 0 Å². The summed E-state index contributed by atoms with van der Waals surface area (Å²) in [6, 6.07) is 7.50. The van der Waals surface area contributed by atoms with E-state index in [1.165, 1.54) is 38.8 Å². The van der Waals surface area contributed by atoms with Gasteiger partial charge in [0.15, 0.2) is 11.5 Å². The van der Waals surface area contributed by atoms with Gasteiger partial charge in [-0.25, -0.2) is 0 Å². The van der Waals surface area contributed by atoms with E-state index in [0.29, 0.717) is 12.6 Å². The summed E-state index contributed by atoms with van der Waals surface area (Å²) in [5.74, 6) is 1.62. The number of hydrogen-bond donors (Lipinski definition) is 1. The van der Waals surface area contributed by atoms with Gasteiger partial charge in [0, 0.05) is 30.4 Å². The van der Waals surface area contributed by atoms with Gasteiger partial charge in [-0.2, -0.15) is 0 Å².